The maximum absolute atomic E-state index is 13.2. The van der Waals surface area contributed by atoms with E-state index in [1.165, 1.54) is 31.2 Å². The Balaban J connectivity index is 1.58. The third kappa shape index (κ3) is 7.81. The molecule has 6 heteroatoms. The van der Waals surface area contributed by atoms with Crippen LogP contribution in [-0.4, -0.2) is 28.5 Å². The van der Waals surface area contributed by atoms with E-state index in [-0.39, 0.29) is 23.2 Å². The Bertz CT molecular complexity index is 1320. The molecule has 1 aromatic heterocycles. The van der Waals surface area contributed by atoms with E-state index < -0.39 is 5.97 Å². The van der Waals surface area contributed by atoms with Crippen molar-refractivity contribution < 1.29 is 19.4 Å². The number of carboxylic acid groups (broad SMARTS) is 1. The second-order valence-corrected chi connectivity index (χ2v) is 12.8. The first-order valence-electron chi connectivity index (χ1n) is 14.1. The number of fused-ring (bicyclic) bond motifs is 1. The molecule has 4 rings (SSSR count). The molecule has 1 amide bonds. The normalized spacial score (nSPS) is 14.5. The number of carbonyl (C=O) groups excluding carboxylic acids is 1. The first-order valence-corrected chi connectivity index (χ1v) is 14.1. The number of hydrogen-bond acceptors (Lipinski definition) is 4. The van der Waals surface area contributed by atoms with Gasteiger partial charge in [0.05, 0.1) is 0 Å². The van der Waals surface area contributed by atoms with Crippen molar-refractivity contribution >= 4 is 22.6 Å². The fraction of sp³-hybridized carbons (Fsp3) is 0.485. The van der Waals surface area contributed by atoms with Gasteiger partial charge < -0.3 is 15.2 Å². The smallest absolute Gasteiger partial charge is 0.303 e. The number of hydrogen-bond donors (Lipinski definition) is 2. The van der Waals surface area contributed by atoms with Gasteiger partial charge in [-0.2, -0.15) is 0 Å². The molecule has 1 aliphatic rings. The van der Waals surface area contributed by atoms with Crippen LogP contribution in [0.1, 0.15) is 94.9 Å². The minimum atomic E-state index is -0.826. The lowest BCUT2D eigenvalue weighted by Crippen LogP contribution is -2.34. The molecule has 1 aliphatic carbocycles. The number of aromatic nitrogens is 1. The van der Waals surface area contributed by atoms with Gasteiger partial charge in [-0.25, -0.2) is 4.98 Å². The number of carbonyl (C=O) groups is 2. The van der Waals surface area contributed by atoms with E-state index in [1.54, 1.807) is 0 Å². The highest BCUT2D eigenvalue weighted by Crippen LogP contribution is 2.33. The van der Waals surface area contributed by atoms with Crippen molar-refractivity contribution in [1.82, 2.24) is 10.3 Å². The van der Waals surface area contributed by atoms with Crippen LogP contribution in [0, 0.1) is 11.3 Å². The van der Waals surface area contributed by atoms with E-state index in [2.05, 4.69) is 38.2 Å². The van der Waals surface area contributed by atoms with Gasteiger partial charge >= 0.3 is 5.97 Å². The van der Waals surface area contributed by atoms with Crippen LogP contribution in [0.2, 0.25) is 0 Å². The highest BCUT2D eigenvalue weighted by molar-refractivity contribution is 5.97. The van der Waals surface area contributed by atoms with Gasteiger partial charge in [0, 0.05) is 24.0 Å². The third-order valence-corrected chi connectivity index (χ3v) is 7.77. The second kappa shape index (κ2) is 11.8. The standard InChI is InChI=1S/C33H42N2O4/c1-32(2,3)24-11-14-25(15-12-24)39-26-13-10-23-19-29(31(38)34-21-33(4,5)17-16-30(36)37)35-28(27(23)20-26)18-22-8-6-7-9-22/h10-15,19-20,22H,6-9,16-18,21H2,1-5H3,(H,34,38)(H,36,37). The van der Waals surface area contributed by atoms with Crippen molar-refractivity contribution in [3.8, 4) is 11.5 Å². The van der Waals surface area contributed by atoms with Gasteiger partial charge in [-0.1, -0.05) is 78.5 Å². The Morgan fingerprint density at radius 1 is 0.974 bits per heavy atom. The van der Waals surface area contributed by atoms with Crippen LogP contribution >= 0.6 is 0 Å². The average Bonchev–Trinajstić information content (AvgIpc) is 3.39. The molecular weight excluding hydrogens is 488 g/mol. The Hall–Kier alpha value is -3.41. The monoisotopic (exact) mass is 530 g/mol. The molecule has 208 valence electrons. The van der Waals surface area contributed by atoms with Crippen LogP contribution in [0.15, 0.2) is 48.5 Å². The van der Waals surface area contributed by atoms with Gasteiger partial charge in [0.1, 0.15) is 17.2 Å². The zero-order valence-electron chi connectivity index (χ0n) is 24.0. The van der Waals surface area contributed by atoms with Gasteiger partial charge in [-0.3, -0.25) is 9.59 Å². The minimum absolute atomic E-state index is 0.0772. The SMILES string of the molecule is CC(C)(CCC(=O)O)CNC(=O)c1cc2ccc(Oc3ccc(C(C)(C)C)cc3)cc2c(CC2CCCC2)n1. The van der Waals surface area contributed by atoms with Gasteiger partial charge in [0.15, 0.2) is 0 Å². The lowest BCUT2D eigenvalue weighted by Gasteiger charge is -2.24. The lowest BCUT2D eigenvalue weighted by atomic mass is 9.87. The van der Waals surface area contributed by atoms with Crippen molar-refractivity contribution in [3.05, 3.63) is 65.5 Å². The summed E-state index contributed by atoms with van der Waals surface area (Å²) in [6, 6.07) is 16.1. The maximum Gasteiger partial charge on any atom is 0.303 e. The Morgan fingerprint density at radius 2 is 1.64 bits per heavy atom. The average molecular weight is 531 g/mol. The summed E-state index contributed by atoms with van der Waals surface area (Å²) in [6.45, 7) is 10.9. The molecule has 0 atom stereocenters. The number of amides is 1. The maximum atomic E-state index is 13.2. The zero-order chi connectivity index (χ0) is 28.2. The molecule has 0 radical (unpaired) electrons. The molecule has 3 aromatic rings. The van der Waals surface area contributed by atoms with Gasteiger partial charge in [0.2, 0.25) is 0 Å². The molecule has 2 N–H and O–H groups in total. The molecule has 2 aromatic carbocycles. The predicted octanol–water partition coefficient (Wildman–Crippen LogP) is 7.68. The fourth-order valence-electron chi connectivity index (χ4n) is 5.22. The largest absolute Gasteiger partial charge is 0.481 e. The third-order valence-electron chi connectivity index (χ3n) is 7.77. The number of pyridine rings is 1. The van der Waals surface area contributed by atoms with Crippen LogP contribution in [-0.2, 0) is 16.6 Å². The van der Waals surface area contributed by atoms with Crippen molar-refractivity contribution in [3.63, 3.8) is 0 Å². The van der Waals surface area contributed by atoms with Crippen LogP contribution < -0.4 is 10.1 Å². The molecule has 0 spiro atoms. The van der Waals surface area contributed by atoms with E-state index in [0.717, 1.165) is 34.4 Å². The molecule has 0 bridgehead atoms. The van der Waals surface area contributed by atoms with E-state index in [0.29, 0.717) is 24.6 Å². The number of ether oxygens (including phenoxy) is 1. The van der Waals surface area contributed by atoms with Crippen molar-refractivity contribution in [2.75, 3.05) is 6.54 Å². The number of nitrogens with one attached hydrogen (secondary N) is 1. The summed E-state index contributed by atoms with van der Waals surface area (Å²) in [7, 11) is 0. The minimum Gasteiger partial charge on any atom is -0.481 e. The highest BCUT2D eigenvalue weighted by atomic mass is 16.5. The summed E-state index contributed by atoms with van der Waals surface area (Å²) in [5.74, 6) is 1.05. The first kappa shape index (κ1) is 28.6. The van der Waals surface area contributed by atoms with Gasteiger partial charge in [-0.05, 0) is 70.9 Å². The topological polar surface area (TPSA) is 88.5 Å². The molecule has 0 saturated heterocycles. The number of benzene rings is 2. The van der Waals surface area contributed by atoms with Crippen LogP contribution in [0.25, 0.3) is 10.8 Å². The summed E-state index contributed by atoms with van der Waals surface area (Å²) in [6.07, 6.45) is 6.27. The summed E-state index contributed by atoms with van der Waals surface area (Å²) in [5.41, 5.74) is 2.35. The van der Waals surface area contributed by atoms with E-state index in [4.69, 9.17) is 14.8 Å². The van der Waals surface area contributed by atoms with Crippen LogP contribution in [0.3, 0.4) is 0 Å². The number of carboxylic acids is 1. The summed E-state index contributed by atoms with van der Waals surface area (Å²) in [5, 5.41) is 14.0. The summed E-state index contributed by atoms with van der Waals surface area (Å²) < 4.78 is 6.22. The number of rotatable bonds is 10. The molecule has 1 heterocycles. The van der Waals surface area contributed by atoms with Crippen molar-refractivity contribution in [1.29, 1.82) is 0 Å². The van der Waals surface area contributed by atoms with Gasteiger partial charge in [-0.15, -0.1) is 0 Å². The zero-order valence-corrected chi connectivity index (χ0v) is 24.0. The molecule has 1 saturated carbocycles. The van der Waals surface area contributed by atoms with Crippen LogP contribution in [0.5, 0.6) is 11.5 Å². The molecule has 0 aliphatic heterocycles. The Morgan fingerprint density at radius 3 is 2.28 bits per heavy atom. The van der Waals surface area contributed by atoms with E-state index >= 15 is 0 Å². The van der Waals surface area contributed by atoms with Gasteiger partial charge in [0.25, 0.3) is 5.91 Å². The predicted molar refractivity (Wildman–Crippen MR) is 156 cm³/mol. The quantitative estimate of drug-likeness (QED) is 0.281. The Kier molecular flexibility index (Phi) is 8.63. The molecule has 6 nitrogen and oxygen atoms in total. The number of aliphatic carboxylic acids is 1. The number of nitrogens with zero attached hydrogens (tertiary/aromatic N) is 1. The molecule has 0 unspecified atom stereocenters. The van der Waals surface area contributed by atoms with Crippen molar-refractivity contribution in [2.24, 2.45) is 11.3 Å². The second-order valence-electron chi connectivity index (χ2n) is 12.8. The van der Waals surface area contributed by atoms with E-state index in [9.17, 15) is 9.59 Å². The summed E-state index contributed by atoms with van der Waals surface area (Å²) in [4.78, 5) is 29.0. The fourth-order valence-corrected chi connectivity index (χ4v) is 5.22. The molecule has 1 fully saturated rings. The Labute approximate surface area is 232 Å². The summed E-state index contributed by atoms with van der Waals surface area (Å²) >= 11 is 0. The highest BCUT2D eigenvalue weighted by Gasteiger charge is 2.23. The van der Waals surface area contributed by atoms with Crippen LogP contribution in [0.4, 0.5) is 0 Å². The molecule has 39 heavy (non-hydrogen) atoms. The first-order chi connectivity index (χ1) is 18.4. The van der Waals surface area contributed by atoms with E-state index in [1.807, 2.05) is 50.2 Å². The van der Waals surface area contributed by atoms with Crippen molar-refractivity contribution in [2.45, 2.75) is 85.0 Å². The lowest BCUT2D eigenvalue weighted by molar-refractivity contribution is -0.137. The molecular formula is C33H42N2O4.